The SMILES string of the molecule is CC1CCC(NC(=O)OC(C)(C)C)CN1c1cc(-c2ccc(C#N)c(F)c2)nc(N)n1. The molecule has 1 saturated heterocycles. The predicted molar refractivity (Wildman–Crippen MR) is 116 cm³/mol. The summed E-state index contributed by atoms with van der Waals surface area (Å²) < 4.78 is 19.4. The number of nitrogens with two attached hydrogens (primary N) is 1. The standard InChI is InChI=1S/C22H27FN6O2/c1-13-5-8-16(26-21(30)31-22(2,3)4)12-29(13)19-10-18(27-20(25)28-19)14-6-7-15(11-24)17(23)9-14/h6-7,9-10,13,16H,5,8,12H2,1-4H3,(H,26,30)(H2,25,27,28). The number of hydrogen-bond acceptors (Lipinski definition) is 7. The maximum absolute atomic E-state index is 14.1. The molecule has 1 aliphatic rings. The number of nitrogens with zero attached hydrogens (tertiary/aromatic N) is 4. The number of halogens is 1. The summed E-state index contributed by atoms with van der Waals surface area (Å²) in [6.45, 7) is 8.05. The Kier molecular flexibility index (Phi) is 6.29. The van der Waals surface area contributed by atoms with E-state index in [2.05, 4.69) is 22.2 Å². The van der Waals surface area contributed by atoms with Gasteiger partial charge in [0.15, 0.2) is 0 Å². The molecule has 1 aliphatic heterocycles. The van der Waals surface area contributed by atoms with E-state index < -0.39 is 17.5 Å². The van der Waals surface area contributed by atoms with E-state index in [9.17, 15) is 9.18 Å². The van der Waals surface area contributed by atoms with Crippen molar-refractivity contribution in [2.75, 3.05) is 17.2 Å². The minimum absolute atomic E-state index is 0.0355. The molecule has 8 nitrogen and oxygen atoms in total. The van der Waals surface area contributed by atoms with Gasteiger partial charge in [0.1, 0.15) is 23.3 Å². The zero-order valence-electron chi connectivity index (χ0n) is 18.1. The van der Waals surface area contributed by atoms with Gasteiger partial charge in [0.2, 0.25) is 5.95 Å². The van der Waals surface area contributed by atoms with Gasteiger partial charge >= 0.3 is 6.09 Å². The number of aromatic nitrogens is 2. The normalized spacial score (nSPS) is 18.9. The van der Waals surface area contributed by atoms with Crippen LogP contribution in [0.5, 0.6) is 0 Å². The van der Waals surface area contributed by atoms with E-state index in [1.165, 1.54) is 12.1 Å². The number of ether oxygens (including phenoxy) is 1. The molecule has 0 radical (unpaired) electrons. The Morgan fingerprint density at radius 1 is 1.32 bits per heavy atom. The fourth-order valence-corrected chi connectivity index (χ4v) is 3.53. The van der Waals surface area contributed by atoms with E-state index in [1.54, 1.807) is 18.2 Å². The van der Waals surface area contributed by atoms with Gasteiger partial charge < -0.3 is 20.7 Å². The smallest absolute Gasteiger partial charge is 0.407 e. The highest BCUT2D eigenvalue weighted by Crippen LogP contribution is 2.28. The van der Waals surface area contributed by atoms with Crippen LogP contribution >= 0.6 is 0 Å². The van der Waals surface area contributed by atoms with Crippen LogP contribution in [-0.2, 0) is 4.74 Å². The van der Waals surface area contributed by atoms with Crippen molar-refractivity contribution in [3.63, 3.8) is 0 Å². The highest BCUT2D eigenvalue weighted by molar-refractivity contribution is 5.69. The molecule has 2 unspecified atom stereocenters. The Balaban J connectivity index is 1.83. The van der Waals surface area contributed by atoms with Crippen molar-refractivity contribution in [2.45, 2.75) is 58.2 Å². The second-order valence-electron chi connectivity index (χ2n) is 8.70. The topological polar surface area (TPSA) is 117 Å². The van der Waals surface area contributed by atoms with E-state index in [0.717, 1.165) is 12.8 Å². The molecule has 0 aliphatic carbocycles. The van der Waals surface area contributed by atoms with Gasteiger partial charge in [-0.3, -0.25) is 0 Å². The molecular weight excluding hydrogens is 399 g/mol. The molecular formula is C22H27FN6O2. The average molecular weight is 426 g/mol. The first-order chi connectivity index (χ1) is 14.6. The van der Waals surface area contributed by atoms with Gasteiger partial charge in [-0.1, -0.05) is 6.07 Å². The van der Waals surface area contributed by atoms with Gasteiger partial charge in [0.25, 0.3) is 0 Å². The number of amides is 1. The van der Waals surface area contributed by atoms with Crippen molar-refractivity contribution in [1.82, 2.24) is 15.3 Å². The van der Waals surface area contributed by atoms with Crippen molar-refractivity contribution in [3.05, 3.63) is 35.6 Å². The minimum atomic E-state index is -0.619. The molecule has 1 amide bonds. The summed E-state index contributed by atoms with van der Waals surface area (Å²) in [7, 11) is 0. The number of benzene rings is 1. The van der Waals surface area contributed by atoms with E-state index in [-0.39, 0.29) is 23.6 Å². The number of carbonyl (C=O) groups is 1. The molecule has 3 rings (SSSR count). The molecule has 31 heavy (non-hydrogen) atoms. The molecule has 2 aromatic rings. The second kappa shape index (κ2) is 8.76. The van der Waals surface area contributed by atoms with Crippen LogP contribution in [0.4, 0.5) is 21.0 Å². The molecule has 164 valence electrons. The highest BCUT2D eigenvalue weighted by Gasteiger charge is 2.29. The summed E-state index contributed by atoms with van der Waals surface area (Å²) in [6, 6.07) is 7.89. The van der Waals surface area contributed by atoms with Crippen LogP contribution in [0.25, 0.3) is 11.3 Å². The van der Waals surface area contributed by atoms with Gasteiger partial charge in [0.05, 0.1) is 11.3 Å². The lowest BCUT2D eigenvalue weighted by atomic mass is 9.99. The summed E-state index contributed by atoms with van der Waals surface area (Å²) >= 11 is 0. The lowest BCUT2D eigenvalue weighted by molar-refractivity contribution is 0.0497. The van der Waals surface area contributed by atoms with E-state index in [1.807, 2.05) is 25.7 Å². The molecule has 0 bridgehead atoms. The van der Waals surface area contributed by atoms with Crippen LogP contribution in [0.3, 0.4) is 0 Å². The number of rotatable bonds is 3. The molecule has 9 heteroatoms. The van der Waals surface area contributed by atoms with Crippen LogP contribution in [0.2, 0.25) is 0 Å². The van der Waals surface area contributed by atoms with Gasteiger partial charge in [-0.05, 0) is 52.7 Å². The van der Waals surface area contributed by atoms with E-state index in [4.69, 9.17) is 15.7 Å². The summed E-state index contributed by atoms with van der Waals surface area (Å²) in [5.41, 5.74) is 6.29. The first-order valence-electron chi connectivity index (χ1n) is 10.2. The van der Waals surface area contributed by atoms with Crippen molar-refractivity contribution in [1.29, 1.82) is 5.26 Å². The Hall–Kier alpha value is -3.41. The Morgan fingerprint density at radius 3 is 2.71 bits per heavy atom. The Labute approximate surface area is 181 Å². The van der Waals surface area contributed by atoms with E-state index >= 15 is 0 Å². The molecule has 3 N–H and O–H groups in total. The number of nitrogens with one attached hydrogen (secondary N) is 1. The van der Waals surface area contributed by atoms with Gasteiger partial charge in [-0.2, -0.15) is 10.2 Å². The summed E-state index contributed by atoms with van der Waals surface area (Å²) in [6.07, 6.45) is 1.19. The van der Waals surface area contributed by atoms with Crippen molar-refractivity contribution >= 4 is 17.9 Å². The van der Waals surface area contributed by atoms with Crippen molar-refractivity contribution in [2.24, 2.45) is 0 Å². The van der Waals surface area contributed by atoms with Crippen LogP contribution in [-0.4, -0.2) is 40.3 Å². The maximum atomic E-state index is 14.1. The predicted octanol–water partition coefficient (Wildman–Crippen LogP) is 3.62. The number of alkyl carbamates (subject to hydrolysis) is 1. The van der Waals surface area contributed by atoms with Crippen LogP contribution < -0.4 is 16.0 Å². The Bertz CT molecular complexity index is 1010. The lowest BCUT2D eigenvalue weighted by Gasteiger charge is -2.39. The fourth-order valence-electron chi connectivity index (χ4n) is 3.53. The number of nitriles is 1. The first-order valence-corrected chi connectivity index (χ1v) is 10.2. The third-order valence-corrected chi connectivity index (χ3v) is 5.01. The van der Waals surface area contributed by atoms with Gasteiger partial charge in [-0.15, -0.1) is 0 Å². The van der Waals surface area contributed by atoms with E-state index in [0.29, 0.717) is 23.6 Å². The largest absolute Gasteiger partial charge is 0.444 e. The Morgan fingerprint density at radius 2 is 2.06 bits per heavy atom. The van der Waals surface area contributed by atoms with Crippen molar-refractivity contribution < 1.29 is 13.9 Å². The van der Waals surface area contributed by atoms with Crippen LogP contribution in [0.15, 0.2) is 24.3 Å². The molecule has 0 saturated carbocycles. The van der Waals surface area contributed by atoms with Gasteiger partial charge in [0, 0.05) is 30.3 Å². The number of carbonyl (C=O) groups excluding carboxylic acids is 1. The minimum Gasteiger partial charge on any atom is -0.444 e. The zero-order valence-corrected chi connectivity index (χ0v) is 18.1. The molecule has 0 spiro atoms. The third-order valence-electron chi connectivity index (χ3n) is 5.01. The number of hydrogen-bond donors (Lipinski definition) is 2. The number of nitrogen functional groups attached to an aromatic ring is 1. The quantitative estimate of drug-likeness (QED) is 0.770. The number of anilines is 2. The monoisotopic (exact) mass is 426 g/mol. The molecule has 2 atom stereocenters. The molecule has 1 fully saturated rings. The second-order valence-corrected chi connectivity index (χ2v) is 8.70. The summed E-state index contributed by atoms with van der Waals surface area (Å²) in [5, 5.41) is 11.9. The van der Waals surface area contributed by atoms with Crippen LogP contribution in [0, 0.1) is 17.1 Å². The van der Waals surface area contributed by atoms with Crippen LogP contribution in [0.1, 0.15) is 46.1 Å². The molecule has 1 aromatic heterocycles. The zero-order chi connectivity index (χ0) is 22.8. The molecule has 2 heterocycles. The fraction of sp³-hybridized carbons (Fsp3) is 0.455. The van der Waals surface area contributed by atoms with Crippen molar-refractivity contribution in [3.8, 4) is 17.3 Å². The summed E-state index contributed by atoms with van der Waals surface area (Å²) in [5.74, 6) is 0.0360. The average Bonchev–Trinajstić information content (AvgIpc) is 2.67. The highest BCUT2D eigenvalue weighted by atomic mass is 19.1. The number of piperidine rings is 1. The summed E-state index contributed by atoms with van der Waals surface area (Å²) in [4.78, 5) is 22.8. The first kappa shape index (κ1) is 22.3. The lowest BCUT2D eigenvalue weighted by Crippen LogP contribution is -2.52. The third kappa shape index (κ3) is 5.60. The molecule has 1 aromatic carbocycles. The van der Waals surface area contributed by atoms with Gasteiger partial charge in [-0.25, -0.2) is 14.2 Å². The maximum Gasteiger partial charge on any atom is 0.407 e.